The predicted octanol–water partition coefficient (Wildman–Crippen LogP) is -9.79. The Morgan fingerprint density at radius 2 is 0.471 bits per heavy atom. The molecule has 12 N–H and O–H groups in total. The van der Waals surface area contributed by atoms with Crippen molar-refractivity contribution in [1.82, 2.24) is 57.3 Å². The van der Waals surface area contributed by atoms with Crippen LogP contribution in [0.5, 0.6) is 0 Å². The van der Waals surface area contributed by atoms with Gasteiger partial charge in [0.2, 0.25) is 0 Å². The molecule has 24 heteroatoms. The molecule has 0 saturated carbocycles. The van der Waals surface area contributed by atoms with Crippen molar-refractivity contribution < 1.29 is 89.1 Å². The topological polar surface area (TPSA) is 347 Å². The average Bonchev–Trinajstić information content (AvgIpc) is 3.80. The SMILES string of the molecule is Cn1ccnc1C(=O)c1nccn1C.Cn1ccnc1C(=O)c1nccn1C.Cn1ccnc1C(=O)c1nccn1C.O.O.O.O.O.O.[Cl-].[Cl-].[Fe+2]. The fraction of sp³-hybridized carbons (Fsp3) is 0.222. The van der Waals surface area contributed by atoms with E-state index < -0.39 is 0 Å². The van der Waals surface area contributed by atoms with Crippen LogP contribution in [0.25, 0.3) is 0 Å². The first-order valence-corrected chi connectivity index (χ1v) is 12.6. The van der Waals surface area contributed by atoms with Gasteiger partial charge in [-0.3, -0.25) is 14.4 Å². The van der Waals surface area contributed by atoms with Crippen molar-refractivity contribution in [3.05, 3.63) is 109 Å². The van der Waals surface area contributed by atoms with E-state index in [4.69, 9.17) is 0 Å². The third-order valence-corrected chi connectivity index (χ3v) is 6.15. The minimum absolute atomic E-state index is 0. The smallest absolute Gasteiger partial charge is 1.00 e. The molecule has 0 unspecified atom stereocenters. The van der Waals surface area contributed by atoms with E-state index in [2.05, 4.69) is 29.9 Å². The second-order valence-electron chi connectivity index (χ2n) is 9.16. The summed E-state index contributed by atoms with van der Waals surface area (Å²) < 4.78 is 10.1. The molecule has 0 aliphatic rings. The summed E-state index contributed by atoms with van der Waals surface area (Å²) in [5.41, 5.74) is 0. The zero-order valence-corrected chi connectivity index (χ0v) is 30.7. The van der Waals surface area contributed by atoms with Crippen molar-refractivity contribution in [2.45, 2.75) is 0 Å². The Morgan fingerprint density at radius 3 is 0.549 bits per heavy atom. The van der Waals surface area contributed by atoms with Crippen LogP contribution in [0.4, 0.5) is 0 Å². The maximum atomic E-state index is 11.8. The van der Waals surface area contributed by atoms with E-state index in [1.165, 1.54) is 0 Å². The quantitative estimate of drug-likeness (QED) is 0.114. The maximum absolute atomic E-state index is 11.8. The molecule has 0 radical (unpaired) electrons. The number of carbonyl (C=O) groups is 3. The molecule has 0 aliphatic heterocycles. The molecule has 6 heterocycles. The van der Waals surface area contributed by atoms with E-state index in [0.717, 1.165) is 0 Å². The van der Waals surface area contributed by atoms with Crippen molar-refractivity contribution in [2.75, 3.05) is 0 Å². The number of ketones is 3. The molecule has 0 aromatic carbocycles. The number of hydrogen-bond acceptors (Lipinski definition) is 9. The normalized spacial score (nSPS) is 8.59. The Hall–Kier alpha value is -4.87. The molecule has 6 aromatic rings. The number of imidazole rings is 6. The van der Waals surface area contributed by atoms with Gasteiger partial charge in [0.25, 0.3) is 17.3 Å². The molecular weight excluding hydrogens is 763 g/mol. The van der Waals surface area contributed by atoms with Crippen LogP contribution in [0.15, 0.2) is 74.4 Å². The number of nitrogens with zero attached hydrogens (tertiary/aromatic N) is 12. The molecule has 0 bridgehead atoms. The monoisotopic (exact) mass is 804 g/mol. The van der Waals surface area contributed by atoms with Gasteiger partial charge in [-0.2, -0.15) is 0 Å². The fourth-order valence-electron chi connectivity index (χ4n) is 3.81. The van der Waals surface area contributed by atoms with Gasteiger partial charge in [-0.1, -0.05) is 0 Å². The Labute approximate surface area is 314 Å². The Morgan fingerprint density at radius 1 is 0.353 bits per heavy atom. The first-order valence-electron chi connectivity index (χ1n) is 12.6. The first kappa shape index (κ1) is 58.3. The van der Waals surface area contributed by atoms with Crippen LogP contribution in [0.3, 0.4) is 0 Å². The van der Waals surface area contributed by atoms with Crippen LogP contribution in [-0.2, 0) is 59.4 Å². The molecule has 21 nitrogen and oxygen atoms in total. The third-order valence-electron chi connectivity index (χ3n) is 6.15. The van der Waals surface area contributed by atoms with Gasteiger partial charge in [0.05, 0.1) is 0 Å². The van der Waals surface area contributed by atoms with Crippen molar-refractivity contribution in [3.8, 4) is 0 Å². The van der Waals surface area contributed by atoms with Crippen molar-refractivity contribution in [1.29, 1.82) is 0 Å². The van der Waals surface area contributed by atoms with Crippen molar-refractivity contribution in [3.63, 3.8) is 0 Å². The minimum atomic E-state index is -0.162. The zero-order valence-electron chi connectivity index (χ0n) is 28.1. The molecular formula is C27H42Cl2FeN12O9. The summed E-state index contributed by atoms with van der Waals surface area (Å²) in [5, 5.41) is 0. The van der Waals surface area contributed by atoms with Gasteiger partial charge < -0.3 is 85.1 Å². The van der Waals surface area contributed by atoms with Crippen LogP contribution >= 0.6 is 0 Å². The Balaban J connectivity index is -0.000000137. The molecule has 286 valence electrons. The van der Waals surface area contributed by atoms with Crippen LogP contribution in [0.2, 0.25) is 0 Å². The molecule has 6 rings (SSSR count). The third kappa shape index (κ3) is 13.4. The predicted molar refractivity (Wildman–Crippen MR) is 171 cm³/mol. The standard InChI is InChI=1S/3C9H10N4O.2ClH.Fe.6H2O/c3*1-12-5-3-10-8(12)7(14)9-11-4-6-13(9)2;;;;;;;;;/h3*3-6H,1-2H3;2*1H;;6*1H2/q;;;;;+2;;;;;;/p-2. The molecule has 51 heavy (non-hydrogen) atoms. The van der Waals surface area contributed by atoms with Gasteiger partial charge in [0.15, 0.2) is 34.9 Å². The number of rotatable bonds is 6. The van der Waals surface area contributed by atoms with Gasteiger partial charge in [0.1, 0.15) is 0 Å². The number of halogens is 2. The molecule has 0 saturated heterocycles. The van der Waals surface area contributed by atoms with Gasteiger partial charge in [-0.25, -0.2) is 29.9 Å². The van der Waals surface area contributed by atoms with Crippen LogP contribution in [0, 0.1) is 0 Å². The van der Waals surface area contributed by atoms with Crippen molar-refractivity contribution in [2.24, 2.45) is 42.3 Å². The molecule has 0 spiro atoms. The summed E-state index contributed by atoms with van der Waals surface area (Å²) >= 11 is 0. The molecule has 0 fully saturated rings. The molecule has 0 amide bonds. The first-order chi connectivity index (χ1) is 20.1. The molecule has 6 aromatic heterocycles. The maximum Gasteiger partial charge on any atom is 2.00 e. The van der Waals surface area contributed by atoms with Gasteiger partial charge in [-0.15, -0.1) is 0 Å². The summed E-state index contributed by atoms with van der Waals surface area (Å²) in [6, 6.07) is 0. The second kappa shape index (κ2) is 26.0. The summed E-state index contributed by atoms with van der Waals surface area (Å²) in [5.74, 6) is 1.93. The van der Waals surface area contributed by atoms with Crippen LogP contribution < -0.4 is 24.8 Å². The summed E-state index contributed by atoms with van der Waals surface area (Å²) in [7, 11) is 10.7. The number of hydrogen-bond donors (Lipinski definition) is 0. The minimum Gasteiger partial charge on any atom is -1.00 e. The van der Waals surface area contributed by atoms with Gasteiger partial charge >= 0.3 is 17.1 Å². The molecule has 0 atom stereocenters. The van der Waals surface area contributed by atoms with E-state index in [1.54, 1.807) is 144 Å². The van der Waals surface area contributed by atoms with E-state index in [1.807, 2.05) is 0 Å². The van der Waals surface area contributed by atoms with Crippen LogP contribution in [-0.4, -0.2) is 108 Å². The number of aromatic nitrogens is 12. The number of carbonyl (C=O) groups excluding carboxylic acids is 3. The second-order valence-corrected chi connectivity index (χ2v) is 9.16. The fourth-order valence-corrected chi connectivity index (χ4v) is 3.81. The van der Waals surface area contributed by atoms with Gasteiger partial charge in [0, 0.05) is 117 Å². The largest absolute Gasteiger partial charge is 2.00 e. The number of aryl methyl sites for hydroxylation is 6. The van der Waals surface area contributed by atoms with E-state index >= 15 is 0 Å². The summed E-state index contributed by atoms with van der Waals surface area (Å²) in [6.45, 7) is 0. The van der Waals surface area contributed by atoms with E-state index in [9.17, 15) is 14.4 Å². The zero-order chi connectivity index (χ0) is 30.4. The summed E-state index contributed by atoms with van der Waals surface area (Å²) in [4.78, 5) is 59.4. The Bertz CT molecular complexity index is 1530. The van der Waals surface area contributed by atoms with Crippen molar-refractivity contribution >= 4 is 17.3 Å². The Kier molecular flexibility index (Phi) is 29.8. The van der Waals surface area contributed by atoms with E-state index in [-0.39, 0.29) is 92.1 Å². The molecule has 0 aliphatic carbocycles. The van der Waals surface area contributed by atoms with Crippen LogP contribution in [0.1, 0.15) is 49.3 Å². The average molecular weight is 805 g/mol. The van der Waals surface area contributed by atoms with E-state index in [0.29, 0.717) is 34.9 Å². The van der Waals surface area contributed by atoms with Gasteiger partial charge in [-0.05, 0) is 0 Å². The summed E-state index contributed by atoms with van der Waals surface area (Å²) in [6.07, 6.45) is 20.0.